The van der Waals surface area contributed by atoms with Crippen molar-refractivity contribution in [1.29, 1.82) is 0 Å². The maximum Gasteiger partial charge on any atom is 0.335 e. The van der Waals surface area contributed by atoms with Gasteiger partial charge in [0.05, 0.1) is 13.0 Å². The first kappa shape index (κ1) is 19.3. The number of hydrogen-bond acceptors (Lipinski definition) is 6. The van der Waals surface area contributed by atoms with Gasteiger partial charge in [0.2, 0.25) is 0 Å². The highest BCUT2D eigenvalue weighted by atomic mass is 16.5. The van der Waals surface area contributed by atoms with Crippen LogP contribution in [-0.4, -0.2) is 29.9 Å². The summed E-state index contributed by atoms with van der Waals surface area (Å²) in [4.78, 5) is 37.4. The molecule has 6 nitrogen and oxygen atoms in total. The highest BCUT2D eigenvalue weighted by Gasteiger charge is 2.46. The van der Waals surface area contributed by atoms with Gasteiger partial charge in [-0.1, -0.05) is 60.7 Å². The van der Waals surface area contributed by atoms with E-state index in [1.807, 2.05) is 6.07 Å². The van der Waals surface area contributed by atoms with Gasteiger partial charge < -0.3 is 15.2 Å². The number of esters is 2. The van der Waals surface area contributed by atoms with E-state index in [9.17, 15) is 14.4 Å². The number of nitrogens with two attached hydrogens (primary N) is 1. The van der Waals surface area contributed by atoms with Crippen molar-refractivity contribution >= 4 is 17.7 Å². The molecule has 0 aliphatic heterocycles. The lowest BCUT2D eigenvalue weighted by Crippen LogP contribution is -2.57. The minimum Gasteiger partial charge on any atom is -0.466 e. The molecule has 26 heavy (non-hydrogen) atoms. The van der Waals surface area contributed by atoms with Gasteiger partial charge in [-0.05, 0) is 12.5 Å². The van der Waals surface area contributed by atoms with Crippen LogP contribution in [0.4, 0.5) is 0 Å². The van der Waals surface area contributed by atoms with Crippen LogP contribution in [0, 0.1) is 0 Å². The largest absolute Gasteiger partial charge is 0.466 e. The third-order valence-electron chi connectivity index (χ3n) is 3.75. The number of Topliss-reactive ketones (excluding diaryl/α,β-unsaturated/α-hetero) is 1. The predicted molar refractivity (Wildman–Crippen MR) is 95.2 cm³/mol. The molecule has 0 radical (unpaired) electrons. The molecule has 0 heterocycles. The fraction of sp³-hybridized carbons (Fsp3) is 0.250. The second-order valence-corrected chi connectivity index (χ2v) is 5.71. The summed E-state index contributed by atoms with van der Waals surface area (Å²) in [6.45, 7) is 1.69. The summed E-state index contributed by atoms with van der Waals surface area (Å²) in [5.41, 5.74) is 4.90. The smallest absolute Gasteiger partial charge is 0.335 e. The Hall–Kier alpha value is -2.99. The molecule has 1 unspecified atom stereocenters. The molecular weight excluding hydrogens is 334 g/mol. The minimum atomic E-state index is -2.15. The molecule has 2 aromatic carbocycles. The van der Waals surface area contributed by atoms with Gasteiger partial charge in [-0.15, -0.1) is 0 Å². The van der Waals surface area contributed by atoms with Crippen LogP contribution in [-0.2, 0) is 25.7 Å². The third kappa shape index (κ3) is 4.77. The monoisotopic (exact) mass is 355 g/mol. The zero-order valence-electron chi connectivity index (χ0n) is 14.5. The standard InChI is InChI=1S/C20H21NO5/c1-2-25-17(22)13-20(21,18(23)16-11-7-4-8-12-16)19(24)26-14-15-9-5-3-6-10-15/h3-12H,2,13-14,21H2,1H3. The first-order valence-electron chi connectivity index (χ1n) is 8.23. The lowest BCUT2D eigenvalue weighted by Gasteiger charge is -2.25. The van der Waals surface area contributed by atoms with E-state index >= 15 is 0 Å². The molecule has 0 aliphatic carbocycles. The summed E-state index contributed by atoms with van der Waals surface area (Å²) < 4.78 is 10.1. The van der Waals surface area contributed by atoms with Crippen LogP contribution >= 0.6 is 0 Å². The second-order valence-electron chi connectivity index (χ2n) is 5.71. The van der Waals surface area contributed by atoms with Crippen molar-refractivity contribution < 1.29 is 23.9 Å². The first-order valence-corrected chi connectivity index (χ1v) is 8.23. The zero-order valence-corrected chi connectivity index (χ0v) is 14.5. The number of hydrogen-bond donors (Lipinski definition) is 1. The molecule has 6 heteroatoms. The van der Waals surface area contributed by atoms with E-state index in [0.717, 1.165) is 5.56 Å². The van der Waals surface area contributed by atoms with Gasteiger partial charge >= 0.3 is 11.9 Å². The fourth-order valence-corrected chi connectivity index (χ4v) is 2.38. The average molecular weight is 355 g/mol. The van der Waals surface area contributed by atoms with Gasteiger partial charge in [0.25, 0.3) is 0 Å². The van der Waals surface area contributed by atoms with Crippen LogP contribution in [0.15, 0.2) is 60.7 Å². The van der Waals surface area contributed by atoms with Crippen LogP contribution in [0.2, 0.25) is 0 Å². The first-order chi connectivity index (χ1) is 12.5. The Labute approximate surface area is 151 Å². The fourth-order valence-electron chi connectivity index (χ4n) is 2.38. The Morgan fingerprint density at radius 2 is 1.50 bits per heavy atom. The summed E-state index contributed by atoms with van der Waals surface area (Å²) >= 11 is 0. The number of carbonyl (C=O) groups is 3. The number of ketones is 1. The Kier molecular flexibility index (Phi) is 6.63. The van der Waals surface area contributed by atoms with Crippen LogP contribution < -0.4 is 5.73 Å². The second kappa shape index (κ2) is 8.92. The minimum absolute atomic E-state index is 0.0521. The van der Waals surface area contributed by atoms with Crippen molar-refractivity contribution in [2.75, 3.05) is 6.61 Å². The molecule has 0 fully saturated rings. The van der Waals surface area contributed by atoms with Crippen molar-refractivity contribution in [1.82, 2.24) is 0 Å². The van der Waals surface area contributed by atoms with Gasteiger partial charge in [0.1, 0.15) is 6.61 Å². The molecule has 0 aliphatic rings. The van der Waals surface area contributed by atoms with Gasteiger partial charge in [-0.2, -0.15) is 0 Å². The van der Waals surface area contributed by atoms with Gasteiger partial charge in [-0.3, -0.25) is 9.59 Å². The summed E-state index contributed by atoms with van der Waals surface area (Å²) in [7, 11) is 0. The van der Waals surface area contributed by atoms with Crippen molar-refractivity contribution in [2.45, 2.75) is 25.5 Å². The summed E-state index contributed by atoms with van der Waals surface area (Å²) in [6, 6.07) is 17.1. The molecule has 0 spiro atoms. The number of benzene rings is 2. The SMILES string of the molecule is CCOC(=O)CC(N)(C(=O)OCc1ccccc1)C(=O)c1ccccc1. The van der Waals surface area contributed by atoms with E-state index in [4.69, 9.17) is 15.2 Å². The predicted octanol–water partition coefficient (Wildman–Crippen LogP) is 2.26. The highest BCUT2D eigenvalue weighted by Crippen LogP contribution is 2.19. The van der Waals surface area contributed by atoms with E-state index in [1.54, 1.807) is 49.4 Å². The lowest BCUT2D eigenvalue weighted by atomic mass is 9.87. The van der Waals surface area contributed by atoms with E-state index in [0.29, 0.717) is 0 Å². The lowest BCUT2D eigenvalue weighted by molar-refractivity contribution is -0.155. The molecule has 0 saturated carbocycles. The van der Waals surface area contributed by atoms with Crippen LogP contribution in [0.3, 0.4) is 0 Å². The molecule has 0 aromatic heterocycles. The van der Waals surface area contributed by atoms with Crippen molar-refractivity contribution in [3.8, 4) is 0 Å². The van der Waals surface area contributed by atoms with Crippen molar-refractivity contribution in [3.05, 3.63) is 71.8 Å². The van der Waals surface area contributed by atoms with E-state index < -0.39 is 29.7 Å². The van der Waals surface area contributed by atoms with E-state index in [-0.39, 0.29) is 18.8 Å². The van der Waals surface area contributed by atoms with Gasteiger partial charge in [-0.25, -0.2) is 4.79 Å². The average Bonchev–Trinajstić information content (AvgIpc) is 2.67. The summed E-state index contributed by atoms with van der Waals surface area (Å²) in [6.07, 6.45) is -0.595. The Bertz CT molecular complexity index is 760. The topological polar surface area (TPSA) is 95.7 Å². The Balaban J connectivity index is 2.22. The third-order valence-corrected chi connectivity index (χ3v) is 3.75. The van der Waals surface area contributed by atoms with Crippen LogP contribution in [0.5, 0.6) is 0 Å². The molecule has 1 atom stereocenters. The number of rotatable bonds is 8. The maximum atomic E-state index is 12.8. The molecule has 0 bridgehead atoms. The molecule has 2 N–H and O–H groups in total. The maximum absolute atomic E-state index is 12.8. The molecule has 0 saturated heterocycles. The zero-order chi connectivity index (χ0) is 19.0. The van der Waals surface area contributed by atoms with Crippen molar-refractivity contribution in [3.63, 3.8) is 0 Å². The normalized spacial score (nSPS) is 12.7. The Morgan fingerprint density at radius 1 is 0.923 bits per heavy atom. The number of ether oxygens (including phenoxy) is 2. The molecule has 2 aromatic rings. The molecule has 2 rings (SSSR count). The van der Waals surface area contributed by atoms with Gasteiger partial charge in [0.15, 0.2) is 11.3 Å². The highest BCUT2D eigenvalue weighted by molar-refractivity contribution is 6.18. The number of carbonyl (C=O) groups excluding carboxylic acids is 3. The Morgan fingerprint density at radius 3 is 2.08 bits per heavy atom. The van der Waals surface area contributed by atoms with E-state index in [2.05, 4.69) is 0 Å². The summed E-state index contributed by atoms with van der Waals surface area (Å²) in [5, 5.41) is 0. The van der Waals surface area contributed by atoms with Crippen LogP contribution in [0.1, 0.15) is 29.3 Å². The molecule has 0 amide bonds. The van der Waals surface area contributed by atoms with Gasteiger partial charge in [0, 0.05) is 5.56 Å². The van der Waals surface area contributed by atoms with E-state index in [1.165, 1.54) is 12.1 Å². The van der Waals surface area contributed by atoms with Crippen molar-refractivity contribution in [2.24, 2.45) is 5.73 Å². The summed E-state index contributed by atoms with van der Waals surface area (Å²) in [5.74, 6) is -2.40. The van der Waals surface area contributed by atoms with Crippen LogP contribution in [0.25, 0.3) is 0 Å². The quantitative estimate of drug-likeness (QED) is 0.443. The molecule has 136 valence electrons. The molecular formula is C20H21NO5.